The highest BCUT2D eigenvalue weighted by Gasteiger charge is 2.13. The summed E-state index contributed by atoms with van der Waals surface area (Å²) >= 11 is 0. The van der Waals surface area contributed by atoms with Crippen molar-refractivity contribution in [1.82, 2.24) is 9.97 Å². The number of aromatic nitrogens is 2. The van der Waals surface area contributed by atoms with Gasteiger partial charge in [-0.3, -0.25) is 0 Å². The molecular weight excluding hydrogens is 925 g/mol. The van der Waals surface area contributed by atoms with E-state index in [1.807, 2.05) is 121 Å². The highest BCUT2D eigenvalue weighted by Crippen LogP contribution is 2.24. The van der Waals surface area contributed by atoms with Crippen LogP contribution in [0.3, 0.4) is 0 Å². The molecule has 9 aromatic rings. The number of hydrogen-bond acceptors (Lipinski definition) is 10. The number of rotatable bonds is 16. The van der Waals surface area contributed by atoms with E-state index in [2.05, 4.69) is 0 Å². The Morgan fingerprint density at radius 2 is 0.432 bits per heavy atom. The number of ether oxygens (including phenoxy) is 4. The van der Waals surface area contributed by atoms with Gasteiger partial charge in [0.1, 0.15) is 23.0 Å². The standard InChI is InChI=1S/C64H44N2O8/c67-61(49-13-5-1-6-14-49)71-53-33-21-45(22-34-53)29-41-57-58(42-30-46-23-35-54(36-24-46)72-62(68)50-15-7-2-8-16-50)66-60(44-32-48-27-39-56(40-28-48)74-64(70)52-19-11-4-12-20-52)59(65-57)43-31-47-25-37-55(38-26-47)73-63(69)51-17-9-3-10-18-51/h1-44H. The molecule has 0 saturated heterocycles. The molecule has 0 bridgehead atoms. The summed E-state index contributed by atoms with van der Waals surface area (Å²) in [5.74, 6) is -0.237. The molecule has 1 heterocycles. The molecule has 0 amide bonds. The lowest BCUT2D eigenvalue weighted by molar-refractivity contribution is 0.0725. The Balaban J connectivity index is 1.03. The molecule has 0 N–H and O–H groups in total. The molecule has 0 atom stereocenters. The summed E-state index contributed by atoms with van der Waals surface area (Å²) in [4.78, 5) is 61.2. The maximum Gasteiger partial charge on any atom is 0.343 e. The van der Waals surface area contributed by atoms with Crippen molar-refractivity contribution in [2.75, 3.05) is 0 Å². The summed E-state index contributed by atoms with van der Waals surface area (Å²) in [6.45, 7) is 0. The number of carbonyl (C=O) groups excluding carboxylic acids is 4. The van der Waals surface area contributed by atoms with Crippen molar-refractivity contribution in [2.45, 2.75) is 0 Å². The van der Waals surface area contributed by atoms with Gasteiger partial charge in [0.05, 0.1) is 45.0 Å². The van der Waals surface area contributed by atoms with Gasteiger partial charge in [0.15, 0.2) is 0 Å². The minimum atomic E-state index is -0.457. The van der Waals surface area contributed by atoms with Crippen LogP contribution in [0.1, 0.15) is 86.5 Å². The van der Waals surface area contributed by atoms with Gasteiger partial charge in [0.25, 0.3) is 0 Å². The van der Waals surface area contributed by atoms with Crippen molar-refractivity contribution in [2.24, 2.45) is 0 Å². The van der Waals surface area contributed by atoms with Crippen molar-refractivity contribution < 1.29 is 38.1 Å². The molecule has 10 heteroatoms. The molecule has 0 radical (unpaired) electrons. The van der Waals surface area contributed by atoms with Crippen molar-refractivity contribution in [3.63, 3.8) is 0 Å². The second kappa shape index (κ2) is 24.0. The van der Waals surface area contributed by atoms with E-state index in [1.165, 1.54) is 0 Å². The van der Waals surface area contributed by atoms with Crippen molar-refractivity contribution in [1.29, 1.82) is 0 Å². The second-order valence-electron chi connectivity index (χ2n) is 16.4. The molecule has 0 spiro atoms. The Bertz CT molecular complexity index is 3030. The van der Waals surface area contributed by atoms with E-state index in [9.17, 15) is 19.2 Å². The predicted octanol–water partition coefficient (Wildman–Crippen LogP) is 14.0. The maximum absolute atomic E-state index is 12.7. The van der Waals surface area contributed by atoms with E-state index in [-0.39, 0.29) is 0 Å². The second-order valence-corrected chi connectivity index (χ2v) is 16.4. The van der Waals surface area contributed by atoms with Gasteiger partial charge in [-0.1, -0.05) is 146 Å². The summed E-state index contributed by atoms with van der Waals surface area (Å²) < 4.78 is 22.4. The lowest BCUT2D eigenvalue weighted by atomic mass is 10.1. The van der Waals surface area contributed by atoms with Crippen LogP contribution in [0, 0.1) is 0 Å². The molecule has 1 aromatic heterocycles. The van der Waals surface area contributed by atoms with Gasteiger partial charge in [-0.25, -0.2) is 29.1 Å². The molecule has 0 aliphatic carbocycles. The molecule has 0 unspecified atom stereocenters. The van der Waals surface area contributed by atoms with Gasteiger partial charge in [-0.05, 0) is 144 Å². The number of carbonyl (C=O) groups is 4. The fourth-order valence-electron chi connectivity index (χ4n) is 7.23. The molecule has 8 aromatic carbocycles. The summed E-state index contributed by atoms with van der Waals surface area (Å²) in [6, 6.07) is 63.7. The number of hydrogen-bond donors (Lipinski definition) is 0. The molecule has 74 heavy (non-hydrogen) atoms. The van der Waals surface area contributed by atoms with Gasteiger partial charge < -0.3 is 18.9 Å². The molecule has 358 valence electrons. The van der Waals surface area contributed by atoms with Crippen LogP contribution in [-0.2, 0) is 0 Å². The van der Waals surface area contributed by atoms with Crippen LogP contribution in [0.2, 0.25) is 0 Å². The molecule has 0 aliphatic rings. The molecule has 0 aliphatic heterocycles. The Morgan fingerprint density at radius 1 is 0.243 bits per heavy atom. The number of esters is 4. The van der Waals surface area contributed by atoms with E-state index >= 15 is 0 Å². The monoisotopic (exact) mass is 968 g/mol. The zero-order valence-corrected chi connectivity index (χ0v) is 39.6. The lowest BCUT2D eigenvalue weighted by Gasteiger charge is -2.08. The Hall–Kier alpha value is -10.3. The average molecular weight is 969 g/mol. The zero-order valence-electron chi connectivity index (χ0n) is 39.6. The number of nitrogens with zero attached hydrogens (tertiary/aromatic N) is 2. The first kappa shape index (κ1) is 48.7. The predicted molar refractivity (Wildman–Crippen MR) is 289 cm³/mol. The van der Waals surface area contributed by atoms with Gasteiger partial charge in [0.2, 0.25) is 0 Å². The molecule has 10 nitrogen and oxygen atoms in total. The van der Waals surface area contributed by atoms with E-state index in [4.69, 9.17) is 28.9 Å². The van der Waals surface area contributed by atoms with Crippen LogP contribution in [-0.4, -0.2) is 33.8 Å². The van der Waals surface area contributed by atoms with E-state index < -0.39 is 23.9 Å². The summed E-state index contributed by atoms with van der Waals surface area (Å²) in [7, 11) is 0. The largest absolute Gasteiger partial charge is 0.423 e. The first-order chi connectivity index (χ1) is 36.3. The smallest absolute Gasteiger partial charge is 0.343 e. The van der Waals surface area contributed by atoms with E-state index in [0.717, 1.165) is 22.3 Å². The van der Waals surface area contributed by atoms with Gasteiger partial charge >= 0.3 is 23.9 Å². The van der Waals surface area contributed by atoms with E-state index in [1.54, 1.807) is 146 Å². The highest BCUT2D eigenvalue weighted by atomic mass is 16.5. The zero-order chi connectivity index (χ0) is 50.9. The van der Waals surface area contributed by atoms with Crippen molar-refractivity contribution in [3.8, 4) is 23.0 Å². The summed E-state index contributed by atoms with van der Waals surface area (Å²) in [6.07, 6.45) is 15.0. The molecule has 0 saturated carbocycles. The first-order valence-electron chi connectivity index (χ1n) is 23.4. The third-order valence-electron chi connectivity index (χ3n) is 11.1. The molecular formula is C64H44N2O8. The Labute approximate surface area is 427 Å². The normalized spacial score (nSPS) is 11.2. The SMILES string of the molecule is O=C(Oc1ccc(C=Cc2nc(C=Cc3ccc(OC(=O)c4ccccc4)cc3)c(C=Cc3ccc(OC(=O)c4ccccc4)cc3)nc2C=Cc2ccc(OC(=O)c3ccccc3)cc2)cc1)c1ccccc1. The van der Waals surface area contributed by atoms with Crippen molar-refractivity contribution in [3.05, 3.63) is 286 Å². The third kappa shape index (κ3) is 13.5. The van der Waals surface area contributed by atoms with Gasteiger partial charge in [-0.2, -0.15) is 0 Å². The van der Waals surface area contributed by atoms with Crippen LogP contribution in [0.25, 0.3) is 48.6 Å². The topological polar surface area (TPSA) is 131 Å². The quantitative estimate of drug-likeness (QED) is 0.0681. The fraction of sp³-hybridized carbons (Fsp3) is 0. The van der Waals surface area contributed by atoms with Crippen LogP contribution in [0.4, 0.5) is 0 Å². The van der Waals surface area contributed by atoms with Crippen LogP contribution in [0.5, 0.6) is 23.0 Å². The average Bonchev–Trinajstić information content (AvgIpc) is 3.45. The van der Waals surface area contributed by atoms with Crippen LogP contribution >= 0.6 is 0 Å². The summed E-state index contributed by atoms with van der Waals surface area (Å²) in [5.41, 5.74) is 7.20. The van der Waals surface area contributed by atoms with Crippen LogP contribution < -0.4 is 18.9 Å². The molecule has 0 fully saturated rings. The fourth-order valence-corrected chi connectivity index (χ4v) is 7.23. The minimum absolute atomic E-state index is 0.397. The first-order valence-corrected chi connectivity index (χ1v) is 23.4. The summed E-state index contributed by atoms with van der Waals surface area (Å²) in [5, 5.41) is 0. The van der Waals surface area contributed by atoms with Crippen LogP contribution in [0.15, 0.2) is 218 Å². The van der Waals surface area contributed by atoms with Gasteiger partial charge in [-0.15, -0.1) is 0 Å². The van der Waals surface area contributed by atoms with Crippen molar-refractivity contribution >= 4 is 72.5 Å². The minimum Gasteiger partial charge on any atom is -0.423 e. The number of benzene rings is 8. The maximum atomic E-state index is 12.7. The van der Waals surface area contributed by atoms with E-state index in [0.29, 0.717) is 68.0 Å². The lowest BCUT2D eigenvalue weighted by Crippen LogP contribution is -2.07. The Morgan fingerprint density at radius 3 is 0.622 bits per heavy atom. The highest BCUT2D eigenvalue weighted by molar-refractivity contribution is 5.93. The van der Waals surface area contributed by atoms with Gasteiger partial charge in [0, 0.05) is 0 Å². The third-order valence-corrected chi connectivity index (χ3v) is 11.1. The Kier molecular flexibility index (Phi) is 15.8. The molecule has 9 rings (SSSR count).